The molecule has 0 heterocycles. The van der Waals surface area contributed by atoms with E-state index in [2.05, 4.69) is 39.9 Å². The molecule has 0 fully saturated rings. The van der Waals surface area contributed by atoms with Crippen molar-refractivity contribution in [1.82, 2.24) is 5.32 Å². The predicted octanol–water partition coefficient (Wildman–Crippen LogP) is 3.61. The number of hydrogen-bond acceptors (Lipinski definition) is 2. The van der Waals surface area contributed by atoms with Gasteiger partial charge in [0.15, 0.2) is 0 Å². The van der Waals surface area contributed by atoms with Gasteiger partial charge in [0.05, 0.1) is 6.10 Å². The third-order valence-electron chi connectivity index (χ3n) is 2.79. The zero-order valence-corrected chi connectivity index (χ0v) is 11.9. The number of rotatable bonds is 10. The lowest BCUT2D eigenvalue weighted by molar-refractivity contribution is 0.0492. The summed E-state index contributed by atoms with van der Waals surface area (Å²) in [6.45, 7) is 13.1. The van der Waals surface area contributed by atoms with E-state index in [0.717, 1.165) is 19.1 Å². The molecule has 0 aliphatic heterocycles. The van der Waals surface area contributed by atoms with Crippen LogP contribution in [-0.2, 0) is 4.74 Å². The normalized spacial score (nSPS) is 15.4. The average molecular weight is 229 g/mol. The van der Waals surface area contributed by atoms with Crippen molar-refractivity contribution >= 4 is 0 Å². The molecule has 2 nitrogen and oxygen atoms in total. The van der Waals surface area contributed by atoms with E-state index in [0.29, 0.717) is 12.1 Å². The van der Waals surface area contributed by atoms with Gasteiger partial charge in [-0.2, -0.15) is 0 Å². The van der Waals surface area contributed by atoms with Gasteiger partial charge in [0, 0.05) is 12.6 Å². The van der Waals surface area contributed by atoms with Gasteiger partial charge in [0.2, 0.25) is 0 Å². The first kappa shape index (κ1) is 15.9. The van der Waals surface area contributed by atoms with Crippen molar-refractivity contribution in [3.8, 4) is 0 Å². The highest BCUT2D eigenvalue weighted by Gasteiger charge is 2.05. The van der Waals surface area contributed by atoms with E-state index >= 15 is 0 Å². The second-order valence-corrected chi connectivity index (χ2v) is 5.27. The molecule has 1 N–H and O–H groups in total. The van der Waals surface area contributed by atoms with Gasteiger partial charge >= 0.3 is 0 Å². The quantitative estimate of drug-likeness (QED) is 0.578. The Morgan fingerprint density at radius 1 is 1.06 bits per heavy atom. The van der Waals surface area contributed by atoms with Crippen molar-refractivity contribution in [2.24, 2.45) is 5.92 Å². The van der Waals surface area contributed by atoms with Gasteiger partial charge in [0.1, 0.15) is 0 Å². The Morgan fingerprint density at radius 3 is 2.31 bits per heavy atom. The average Bonchev–Trinajstić information content (AvgIpc) is 2.16. The number of nitrogens with one attached hydrogen (secondary N) is 1. The maximum atomic E-state index is 5.77. The van der Waals surface area contributed by atoms with Gasteiger partial charge in [-0.1, -0.05) is 20.8 Å². The van der Waals surface area contributed by atoms with Crippen molar-refractivity contribution in [2.45, 2.75) is 72.4 Å². The number of ether oxygens (including phenoxy) is 1. The van der Waals surface area contributed by atoms with Crippen LogP contribution in [0.3, 0.4) is 0 Å². The minimum absolute atomic E-state index is 0.422. The van der Waals surface area contributed by atoms with E-state index in [1.807, 2.05) is 0 Å². The molecule has 2 atom stereocenters. The van der Waals surface area contributed by atoms with Gasteiger partial charge in [-0.3, -0.25) is 0 Å². The van der Waals surface area contributed by atoms with Gasteiger partial charge in [-0.05, 0) is 52.0 Å². The first-order chi connectivity index (χ1) is 7.56. The predicted molar refractivity (Wildman–Crippen MR) is 71.9 cm³/mol. The lowest BCUT2D eigenvalue weighted by atomic mass is 10.1. The minimum Gasteiger partial charge on any atom is -0.379 e. The van der Waals surface area contributed by atoms with Crippen LogP contribution in [0.5, 0.6) is 0 Å². The van der Waals surface area contributed by atoms with Crippen LogP contribution in [0.4, 0.5) is 0 Å². The minimum atomic E-state index is 0.422. The van der Waals surface area contributed by atoms with Crippen molar-refractivity contribution in [1.29, 1.82) is 0 Å². The summed E-state index contributed by atoms with van der Waals surface area (Å²) in [4.78, 5) is 0. The zero-order valence-electron chi connectivity index (χ0n) is 11.9. The Morgan fingerprint density at radius 2 is 1.75 bits per heavy atom. The third-order valence-corrected chi connectivity index (χ3v) is 2.79. The fourth-order valence-electron chi connectivity index (χ4n) is 2.02. The van der Waals surface area contributed by atoms with Crippen LogP contribution in [0.2, 0.25) is 0 Å². The van der Waals surface area contributed by atoms with E-state index in [9.17, 15) is 0 Å². The molecule has 0 aliphatic carbocycles. The fraction of sp³-hybridized carbons (Fsp3) is 1.00. The molecule has 0 aromatic rings. The van der Waals surface area contributed by atoms with Crippen LogP contribution in [0, 0.1) is 5.92 Å². The fourth-order valence-corrected chi connectivity index (χ4v) is 2.02. The number of hydrogen-bond donors (Lipinski definition) is 1. The molecule has 2 unspecified atom stereocenters. The van der Waals surface area contributed by atoms with Crippen molar-refractivity contribution < 1.29 is 4.74 Å². The zero-order chi connectivity index (χ0) is 12.4. The van der Waals surface area contributed by atoms with Gasteiger partial charge in [-0.25, -0.2) is 0 Å². The van der Waals surface area contributed by atoms with Crippen LogP contribution >= 0.6 is 0 Å². The first-order valence-electron chi connectivity index (χ1n) is 6.91. The maximum absolute atomic E-state index is 5.77. The summed E-state index contributed by atoms with van der Waals surface area (Å²) >= 11 is 0. The lowest BCUT2D eigenvalue weighted by Crippen LogP contribution is -2.25. The van der Waals surface area contributed by atoms with E-state index in [1.165, 1.54) is 25.7 Å². The molecule has 0 spiro atoms. The lowest BCUT2D eigenvalue weighted by Gasteiger charge is -2.16. The Labute approximate surface area is 102 Å². The van der Waals surface area contributed by atoms with Gasteiger partial charge in [0.25, 0.3) is 0 Å². The van der Waals surface area contributed by atoms with Crippen molar-refractivity contribution in [3.63, 3.8) is 0 Å². The van der Waals surface area contributed by atoms with Gasteiger partial charge < -0.3 is 10.1 Å². The number of unbranched alkanes of at least 4 members (excludes halogenated alkanes) is 1. The van der Waals surface area contributed by atoms with Crippen LogP contribution in [-0.4, -0.2) is 25.3 Å². The molecule has 2 heteroatoms. The molecular weight excluding hydrogens is 198 g/mol. The molecule has 0 radical (unpaired) electrons. The summed E-state index contributed by atoms with van der Waals surface area (Å²) in [5.41, 5.74) is 0. The topological polar surface area (TPSA) is 21.3 Å². The molecule has 0 aromatic heterocycles. The summed E-state index contributed by atoms with van der Waals surface area (Å²) in [6, 6.07) is 0.651. The molecule has 0 amide bonds. The van der Waals surface area contributed by atoms with Crippen LogP contribution in [0.15, 0.2) is 0 Å². The van der Waals surface area contributed by atoms with Crippen LogP contribution in [0.1, 0.15) is 60.3 Å². The summed E-state index contributed by atoms with van der Waals surface area (Å²) in [5.74, 6) is 0.740. The third kappa shape index (κ3) is 10.4. The first-order valence-corrected chi connectivity index (χ1v) is 6.91. The second kappa shape index (κ2) is 10.1. The smallest absolute Gasteiger partial charge is 0.0549 e. The highest BCUT2D eigenvalue weighted by molar-refractivity contribution is 4.59. The molecule has 98 valence electrons. The van der Waals surface area contributed by atoms with E-state index in [4.69, 9.17) is 4.74 Å². The summed E-state index contributed by atoms with van der Waals surface area (Å²) in [7, 11) is 0. The monoisotopic (exact) mass is 229 g/mol. The van der Waals surface area contributed by atoms with Crippen LogP contribution < -0.4 is 5.32 Å². The molecular formula is C14H31NO. The van der Waals surface area contributed by atoms with E-state index < -0.39 is 0 Å². The SMILES string of the molecule is CCNC(C)CCCCOC(C)CC(C)C. The molecule has 0 rings (SSSR count). The molecule has 16 heavy (non-hydrogen) atoms. The second-order valence-electron chi connectivity index (χ2n) is 5.27. The summed E-state index contributed by atoms with van der Waals surface area (Å²) < 4.78 is 5.77. The highest BCUT2D eigenvalue weighted by atomic mass is 16.5. The highest BCUT2D eigenvalue weighted by Crippen LogP contribution is 2.08. The van der Waals surface area contributed by atoms with Crippen molar-refractivity contribution in [2.75, 3.05) is 13.2 Å². The van der Waals surface area contributed by atoms with E-state index in [1.54, 1.807) is 0 Å². The van der Waals surface area contributed by atoms with Gasteiger partial charge in [-0.15, -0.1) is 0 Å². The largest absolute Gasteiger partial charge is 0.379 e. The molecule has 0 bridgehead atoms. The molecule has 0 aliphatic rings. The Bertz CT molecular complexity index is 148. The standard InChI is InChI=1S/C14H31NO/c1-6-15-13(4)9-7-8-10-16-14(5)11-12(2)3/h12-15H,6-11H2,1-5H3. The van der Waals surface area contributed by atoms with E-state index in [-0.39, 0.29) is 0 Å². The van der Waals surface area contributed by atoms with Crippen LogP contribution in [0.25, 0.3) is 0 Å². The molecule has 0 saturated heterocycles. The summed E-state index contributed by atoms with van der Waals surface area (Å²) in [6.07, 6.45) is 5.32. The Balaban J connectivity index is 3.26. The summed E-state index contributed by atoms with van der Waals surface area (Å²) in [5, 5.41) is 3.43. The maximum Gasteiger partial charge on any atom is 0.0549 e. The Hall–Kier alpha value is -0.0800. The Kier molecular flexibility index (Phi) is 10.0. The molecule has 0 saturated carbocycles. The van der Waals surface area contributed by atoms with Crippen molar-refractivity contribution in [3.05, 3.63) is 0 Å². The molecule has 0 aromatic carbocycles.